The van der Waals surface area contributed by atoms with Crippen molar-refractivity contribution < 1.29 is 14.3 Å². The Labute approximate surface area is 229 Å². The van der Waals surface area contributed by atoms with E-state index in [4.69, 9.17) is 9.72 Å². The van der Waals surface area contributed by atoms with E-state index in [9.17, 15) is 9.59 Å². The molecule has 0 saturated carbocycles. The van der Waals surface area contributed by atoms with Crippen LogP contribution in [0, 0.1) is 0 Å². The molecule has 2 amide bonds. The molecular formula is C32H36N4O3. The van der Waals surface area contributed by atoms with Crippen molar-refractivity contribution in [2.75, 3.05) is 25.1 Å². The number of benzene rings is 3. The minimum atomic E-state index is 0.0276. The highest BCUT2D eigenvalue weighted by Crippen LogP contribution is 2.27. The van der Waals surface area contributed by atoms with Crippen LogP contribution in [0.2, 0.25) is 0 Å². The van der Waals surface area contributed by atoms with Gasteiger partial charge in [0, 0.05) is 25.2 Å². The summed E-state index contributed by atoms with van der Waals surface area (Å²) in [6, 6.07) is 23.8. The van der Waals surface area contributed by atoms with Gasteiger partial charge in [-0.2, -0.15) is 0 Å². The Morgan fingerprint density at radius 2 is 1.74 bits per heavy atom. The van der Waals surface area contributed by atoms with Crippen LogP contribution in [0.1, 0.15) is 42.6 Å². The minimum Gasteiger partial charge on any atom is -0.497 e. The standard InChI is InChI=1S/C32H36N4O3/c1-39-26-18-16-24(17-19-26)22-31(37)33-20-8-2-3-15-30-34-27-12-5-7-14-29(27)36(30)23-32(38)35-21-9-11-25-10-4-6-13-28(25)35/h4-7,10,12-14,16-19H,2-3,8-9,11,15,20-23H2,1H3,(H,33,37). The van der Waals surface area contributed by atoms with E-state index in [0.717, 1.165) is 78.9 Å². The fourth-order valence-corrected chi connectivity index (χ4v) is 5.31. The first-order valence-corrected chi connectivity index (χ1v) is 13.8. The molecule has 0 fully saturated rings. The van der Waals surface area contributed by atoms with Crippen LogP contribution in [0.4, 0.5) is 5.69 Å². The summed E-state index contributed by atoms with van der Waals surface area (Å²) in [5, 5.41) is 3.02. The number of methoxy groups -OCH3 is 1. The zero-order valence-corrected chi connectivity index (χ0v) is 22.6. The third-order valence-electron chi connectivity index (χ3n) is 7.36. The van der Waals surface area contributed by atoms with Crippen LogP contribution in [0.3, 0.4) is 0 Å². The van der Waals surface area contributed by atoms with Crippen molar-refractivity contribution in [3.05, 3.63) is 89.7 Å². The molecule has 0 spiro atoms. The molecule has 4 aromatic rings. The van der Waals surface area contributed by atoms with Crippen LogP contribution in [-0.2, 0) is 35.4 Å². The number of imidazole rings is 1. The van der Waals surface area contributed by atoms with E-state index >= 15 is 0 Å². The Hall–Kier alpha value is -4.13. The minimum absolute atomic E-state index is 0.0276. The summed E-state index contributed by atoms with van der Waals surface area (Å²) in [5.74, 6) is 1.86. The molecule has 1 aromatic heterocycles. The normalized spacial score (nSPS) is 12.8. The van der Waals surface area contributed by atoms with Crippen LogP contribution >= 0.6 is 0 Å². The van der Waals surface area contributed by atoms with Gasteiger partial charge in [-0.15, -0.1) is 0 Å². The number of rotatable bonds is 11. The van der Waals surface area contributed by atoms with Gasteiger partial charge in [-0.05, 0) is 67.1 Å². The number of aromatic nitrogens is 2. The molecule has 1 N–H and O–H groups in total. The maximum atomic E-state index is 13.5. The third-order valence-corrected chi connectivity index (χ3v) is 7.36. The van der Waals surface area contributed by atoms with Crippen LogP contribution in [-0.4, -0.2) is 41.6 Å². The molecule has 1 aliphatic rings. The summed E-state index contributed by atoms with van der Waals surface area (Å²) in [4.78, 5) is 32.6. The quantitative estimate of drug-likeness (QED) is 0.277. The van der Waals surface area contributed by atoms with E-state index in [1.807, 2.05) is 65.6 Å². The van der Waals surface area contributed by atoms with Crippen molar-refractivity contribution in [3.8, 4) is 5.75 Å². The fourth-order valence-electron chi connectivity index (χ4n) is 5.31. The molecule has 7 nitrogen and oxygen atoms in total. The molecule has 0 atom stereocenters. The molecule has 0 unspecified atom stereocenters. The van der Waals surface area contributed by atoms with E-state index < -0.39 is 0 Å². The van der Waals surface area contributed by atoms with Crippen LogP contribution in [0.15, 0.2) is 72.8 Å². The molecule has 5 rings (SSSR count). The zero-order chi connectivity index (χ0) is 27.0. The molecule has 39 heavy (non-hydrogen) atoms. The first kappa shape index (κ1) is 26.5. The highest BCUT2D eigenvalue weighted by Gasteiger charge is 2.23. The molecule has 1 aliphatic heterocycles. The van der Waals surface area contributed by atoms with Gasteiger partial charge in [-0.3, -0.25) is 9.59 Å². The van der Waals surface area contributed by atoms with Crippen molar-refractivity contribution in [3.63, 3.8) is 0 Å². The van der Waals surface area contributed by atoms with Gasteiger partial charge in [-0.25, -0.2) is 4.98 Å². The SMILES string of the molecule is COc1ccc(CC(=O)NCCCCCc2nc3ccccc3n2CC(=O)N2CCCc3ccccc32)cc1. The Kier molecular flexibility index (Phi) is 8.56. The average molecular weight is 525 g/mol. The molecule has 7 heteroatoms. The average Bonchev–Trinajstić information content (AvgIpc) is 3.31. The van der Waals surface area contributed by atoms with E-state index in [1.54, 1.807) is 7.11 Å². The molecule has 3 aromatic carbocycles. The maximum Gasteiger partial charge on any atom is 0.246 e. The lowest BCUT2D eigenvalue weighted by Gasteiger charge is -2.29. The van der Waals surface area contributed by atoms with Gasteiger partial charge >= 0.3 is 0 Å². The number of para-hydroxylation sites is 3. The number of hydrogen-bond acceptors (Lipinski definition) is 4. The smallest absolute Gasteiger partial charge is 0.246 e. The highest BCUT2D eigenvalue weighted by molar-refractivity contribution is 5.95. The van der Waals surface area contributed by atoms with Gasteiger partial charge in [0.05, 0.1) is 24.6 Å². The Morgan fingerprint density at radius 1 is 0.949 bits per heavy atom. The molecule has 202 valence electrons. The predicted molar refractivity (Wildman–Crippen MR) is 154 cm³/mol. The molecule has 0 aliphatic carbocycles. The van der Waals surface area contributed by atoms with Crippen molar-refractivity contribution in [2.24, 2.45) is 0 Å². The first-order chi connectivity index (χ1) is 19.1. The Bertz CT molecular complexity index is 1430. The van der Waals surface area contributed by atoms with Gasteiger partial charge < -0.3 is 19.5 Å². The van der Waals surface area contributed by atoms with Crippen LogP contribution < -0.4 is 15.0 Å². The monoisotopic (exact) mass is 524 g/mol. The number of aryl methyl sites for hydroxylation is 2. The van der Waals surface area contributed by atoms with Crippen LogP contribution in [0.25, 0.3) is 11.0 Å². The number of ether oxygens (including phenoxy) is 1. The van der Waals surface area contributed by atoms with Gasteiger partial charge in [0.1, 0.15) is 18.1 Å². The number of anilines is 1. The number of fused-ring (bicyclic) bond motifs is 2. The summed E-state index contributed by atoms with van der Waals surface area (Å²) in [6.45, 7) is 1.69. The Morgan fingerprint density at radius 3 is 2.59 bits per heavy atom. The van der Waals surface area contributed by atoms with Gasteiger partial charge in [0.25, 0.3) is 0 Å². The van der Waals surface area contributed by atoms with Crippen LogP contribution in [0.5, 0.6) is 5.75 Å². The number of hydrogen-bond donors (Lipinski definition) is 1. The number of unbranched alkanes of at least 4 members (excludes halogenated alkanes) is 2. The Balaban J connectivity index is 1.14. The van der Waals surface area contributed by atoms with Crippen molar-refractivity contribution in [1.29, 1.82) is 0 Å². The lowest BCUT2D eigenvalue weighted by atomic mass is 10.0. The number of nitrogens with one attached hydrogen (secondary N) is 1. The topological polar surface area (TPSA) is 76.5 Å². The second-order valence-electron chi connectivity index (χ2n) is 10.1. The van der Waals surface area contributed by atoms with E-state index in [2.05, 4.69) is 22.0 Å². The van der Waals surface area contributed by atoms with E-state index in [0.29, 0.717) is 13.0 Å². The summed E-state index contributed by atoms with van der Waals surface area (Å²) in [5.41, 5.74) is 5.16. The molecule has 0 saturated heterocycles. The maximum absolute atomic E-state index is 13.5. The van der Waals surface area contributed by atoms with Crippen molar-refractivity contribution >= 4 is 28.5 Å². The second-order valence-corrected chi connectivity index (χ2v) is 10.1. The third kappa shape index (κ3) is 6.48. The van der Waals surface area contributed by atoms with E-state index in [-0.39, 0.29) is 18.4 Å². The zero-order valence-electron chi connectivity index (χ0n) is 22.6. The summed E-state index contributed by atoms with van der Waals surface area (Å²) >= 11 is 0. The lowest BCUT2D eigenvalue weighted by Crippen LogP contribution is -2.38. The van der Waals surface area contributed by atoms with Gasteiger partial charge in [0.15, 0.2) is 0 Å². The summed E-state index contributed by atoms with van der Waals surface area (Å²) < 4.78 is 7.26. The van der Waals surface area contributed by atoms with Gasteiger partial charge in [-0.1, -0.05) is 48.9 Å². The predicted octanol–water partition coefficient (Wildman–Crippen LogP) is 5.10. The van der Waals surface area contributed by atoms with Crippen molar-refractivity contribution in [1.82, 2.24) is 14.9 Å². The van der Waals surface area contributed by atoms with Crippen molar-refractivity contribution in [2.45, 2.75) is 51.5 Å². The summed E-state index contributed by atoms with van der Waals surface area (Å²) in [7, 11) is 1.63. The number of carbonyl (C=O) groups is 2. The molecule has 2 heterocycles. The molecular weight excluding hydrogens is 488 g/mol. The number of nitrogens with zero attached hydrogens (tertiary/aromatic N) is 3. The number of carbonyl (C=O) groups excluding carboxylic acids is 2. The first-order valence-electron chi connectivity index (χ1n) is 13.8. The molecule has 0 bridgehead atoms. The number of amides is 2. The lowest BCUT2D eigenvalue weighted by molar-refractivity contribution is -0.120. The fraction of sp³-hybridized carbons (Fsp3) is 0.344. The van der Waals surface area contributed by atoms with E-state index in [1.165, 1.54) is 5.56 Å². The van der Waals surface area contributed by atoms with Gasteiger partial charge in [0.2, 0.25) is 11.8 Å². The second kappa shape index (κ2) is 12.6. The highest BCUT2D eigenvalue weighted by atomic mass is 16.5. The largest absolute Gasteiger partial charge is 0.497 e. The molecule has 0 radical (unpaired) electrons. The summed E-state index contributed by atoms with van der Waals surface area (Å²) in [6.07, 6.45) is 5.97.